The summed E-state index contributed by atoms with van der Waals surface area (Å²) in [5.41, 5.74) is 3.34. The summed E-state index contributed by atoms with van der Waals surface area (Å²) in [5.74, 6) is 1.98. The van der Waals surface area contributed by atoms with Crippen LogP contribution in [0.2, 0.25) is 0 Å². The Kier molecular flexibility index (Phi) is 8.16. The smallest absolute Gasteiger partial charge is 0.252 e. The van der Waals surface area contributed by atoms with Crippen LogP contribution in [0.15, 0.2) is 47.3 Å². The number of pyridine rings is 1. The van der Waals surface area contributed by atoms with Crippen LogP contribution in [-0.2, 0) is 18.6 Å². The number of benzene rings is 2. The molecule has 0 unspecified atom stereocenters. The van der Waals surface area contributed by atoms with Crippen LogP contribution in [0.4, 0.5) is 0 Å². The highest BCUT2D eigenvalue weighted by Crippen LogP contribution is 2.33. The Hall–Kier alpha value is -3.72. The van der Waals surface area contributed by atoms with Gasteiger partial charge in [0, 0.05) is 30.1 Å². The molecule has 4 rings (SSSR count). The van der Waals surface area contributed by atoms with E-state index in [4.69, 9.17) is 9.47 Å². The molecule has 0 aliphatic carbocycles. The Labute approximate surface area is 223 Å². The van der Waals surface area contributed by atoms with E-state index >= 15 is 0 Å². The molecule has 2 aromatic heterocycles. The number of nitrogens with one attached hydrogen (secondary N) is 1. The van der Waals surface area contributed by atoms with Crippen molar-refractivity contribution in [1.82, 2.24) is 30.1 Å². The van der Waals surface area contributed by atoms with Gasteiger partial charge in [-0.3, -0.25) is 9.69 Å². The van der Waals surface area contributed by atoms with Crippen molar-refractivity contribution < 1.29 is 9.47 Å². The molecular weight excluding hydrogens is 480 g/mol. The summed E-state index contributed by atoms with van der Waals surface area (Å²) in [6.07, 6.45) is 1.66. The van der Waals surface area contributed by atoms with Gasteiger partial charge in [-0.2, -0.15) is 0 Å². The molecule has 0 saturated heterocycles. The molecule has 38 heavy (non-hydrogen) atoms. The second kappa shape index (κ2) is 11.3. The van der Waals surface area contributed by atoms with Crippen LogP contribution < -0.4 is 15.0 Å². The van der Waals surface area contributed by atoms with Gasteiger partial charge in [0.05, 0.1) is 31.3 Å². The van der Waals surface area contributed by atoms with Gasteiger partial charge < -0.3 is 14.5 Å². The molecule has 0 spiro atoms. The van der Waals surface area contributed by atoms with Crippen molar-refractivity contribution in [3.05, 3.63) is 75.3 Å². The molecule has 0 fully saturated rings. The Morgan fingerprint density at radius 3 is 2.34 bits per heavy atom. The van der Waals surface area contributed by atoms with Crippen molar-refractivity contribution in [2.75, 3.05) is 14.2 Å². The van der Waals surface area contributed by atoms with Crippen molar-refractivity contribution in [1.29, 1.82) is 0 Å². The number of aromatic amines is 1. The lowest BCUT2D eigenvalue weighted by Crippen LogP contribution is -2.36. The molecule has 0 saturated carbocycles. The van der Waals surface area contributed by atoms with Gasteiger partial charge in [0.25, 0.3) is 5.56 Å². The zero-order valence-electron chi connectivity index (χ0n) is 23.4. The summed E-state index contributed by atoms with van der Waals surface area (Å²) in [4.78, 5) is 18.6. The molecule has 1 N–H and O–H groups in total. The minimum atomic E-state index is -0.238. The van der Waals surface area contributed by atoms with Crippen LogP contribution in [-0.4, -0.2) is 44.3 Å². The summed E-state index contributed by atoms with van der Waals surface area (Å²) >= 11 is 0. The third kappa shape index (κ3) is 5.57. The number of H-pyrrole nitrogens is 1. The van der Waals surface area contributed by atoms with Crippen LogP contribution in [0.1, 0.15) is 69.1 Å². The summed E-state index contributed by atoms with van der Waals surface area (Å²) in [6, 6.07) is 14.0. The summed E-state index contributed by atoms with van der Waals surface area (Å²) < 4.78 is 12.8. The molecule has 2 heterocycles. The third-order valence-electron chi connectivity index (χ3n) is 7.36. The largest absolute Gasteiger partial charge is 0.493 e. The number of methoxy groups -OCH3 is 2. The molecule has 1 atom stereocenters. The monoisotopic (exact) mass is 518 g/mol. The SMILES string of the molecule is CC[C@@H](c1nnnn1C(C)(C)CC)N(Cc1ccc(C)cc1)Cc1cc2cc(OC)c(OC)cc2[nH]c1=O. The van der Waals surface area contributed by atoms with E-state index in [0.29, 0.717) is 35.7 Å². The van der Waals surface area contributed by atoms with Crippen LogP contribution in [0.25, 0.3) is 10.9 Å². The maximum atomic E-state index is 13.3. The zero-order valence-corrected chi connectivity index (χ0v) is 23.4. The summed E-state index contributed by atoms with van der Waals surface area (Å²) in [7, 11) is 3.19. The van der Waals surface area contributed by atoms with E-state index in [0.717, 1.165) is 29.6 Å². The predicted octanol–water partition coefficient (Wildman–Crippen LogP) is 5.14. The van der Waals surface area contributed by atoms with Gasteiger partial charge in [0.15, 0.2) is 17.3 Å². The first-order valence-electron chi connectivity index (χ1n) is 13.1. The van der Waals surface area contributed by atoms with E-state index in [1.807, 2.05) is 16.8 Å². The third-order valence-corrected chi connectivity index (χ3v) is 7.36. The van der Waals surface area contributed by atoms with Crippen molar-refractivity contribution in [3.63, 3.8) is 0 Å². The minimum Gasteiger partial charge on any atom is -0.493 e. The number of hydrogen-bond acceptors (Lipinski definition) is 7. The summed E-state index contributed by atoms with van der Waals surface area (Å²) in [5, 5.41) is 13.8. The second-order valence-electron chi connectivity index (χ2n) is 10.3. The van der Waals surface area contributed by atoms with Crippen molar-refractivity contribution in [3.8, 4) is 11.5 Å². The van der Waals surface area contributed by atoms with Gasteiger partial charge in [0.1, 0.15) is 0 Å². The van der Waals surface area contributed by atoms with E-state index in [1.54, 1.807) is 20.3 Å². The topological polar surface area (TPSA) is 98.2 Å². The van der Waals surface area contributed by atoms with Crippen LogP contribution in [0.3, 0.4) is 0 Å². The number of hydrogen-bond donors (Lipinski definition) is 1. The van der Waals surface area contributed by atoms with E-state index in [1.165, 1.54) is 5.56 Å². The second-order valence-corrected chi connectivity index (χ2v) is 10.3. The van der Waals surface area contributed by atoms with Gasteiger partial charge in [0.2, 0.25) is 0 Å². The Morgan fingerprint density at radius 1 is 1.03 bits per heavy atom. The number of nitrogens with zero attached hydrogens (tertiary/aromatic N) is 5. The average Bonchev–Trinajstić information content (AvgIpc) is 3.40. The van der Waals surface area contributed by atoms with Crippen molar-refractivity contribution in [2.45, 2.75) is 72.1 Å². The maximum absolute atomic E-state index is 13.3. The molecule has 9 heteroatoms. The number of tetrazole rings is 1. The average molecular weight is 519 g/mol. The molecule has 0 aliphatic heterocycles. The molecule has 202 valence electrons. The number of rotatable bonds is 11. The van der Waals surface area contributed by atoms with Crippen molar-refractivity contribution in [2.24, 2.45) is 0 Å². The first-order valence-corrected chi connectivity index (χ1v) is 13.1. The van der Waals surface area contributed by atoms with Crippen LogP contribution in [0.5, 0.6) is 11.5 Å². The number of ether oxygens (including phenoxy) is 2. The van der Waals surface area contributed by atoms with Gasteiger partial charge >= 0.3 is 0 Å². The van der Waals surface area contributed by atoms with E-state index < -0.39 is 0 Å². The molecule has 0 bridgehead atoms. The van der Waals surface area contributed by atoms with Gasteiger partial charge in [-0.25, -0.2) is 4.68 Å². The standard InChI is InChI=1S/C29H38N6O3/c1-8-24(27-31-32-33-35(27)29(4,5)9-2)34(17-20-12-10-19(3)11-13-20)18-22-14-21-15-25(37-6)26(38-7)16-23(21)30-28(22)36/h10-16,24H,8-9,17-18H2,1-7H3,(H,30,36)/t24-/m0/s1. The lowest BCUT2D eigenvalue weighted by molar-refractivity contribution is 0.150. The Morgan fingerprint density at radius 2 is 1.71 bits per heavy atom. The fourth-order valence-corrected chi connectivity index (χ4v) is 4.71. The maximum Gasteiger partial charge on any atom is 0.252 e. The zero-order chi connectivity index (χ0) is 27.4. The highest BCUT2D eigenvalue weighted by atomic mass is 16.5. The van der Waals surface area contributed by atoms with E-state index in [2.05, 4.69) is 84.3 Å². The van der Waals surface area contributed by atoms with Gasteiger partial charge in [-0.15, -0.1) is 5.10 Å². The Bertz CT molecular complexity index is 1440. The quantitative estimate of drug-likeness (QED) is 0.294. The lowest BCUT2D eigenvalue weighted by atomic mass is 10.0. The van der Waals surface area contributed by atoms with Gasteiger partial charge in [-0.1, -0.05) is 43.7 Å². The minimum absolute atomic E-state index is 0.0994. The molecule has 0 radical (unpaired) electrons. The van der Waals surface area contributed by atoms with Crippen molar-refractivity contribution >= 4 is 10.9 Å². The molecule has 4 aromatic rings. The highest BCUT2D eigenvalue weighted by molar-refractivity contribution is 5.83. The predicted molar refractivity (Wildman–Crippen MR) is 149 cm³/mol. The van der Waals surface area contributed by atoms with E-state index in [-0.39, 0.29) is 17.1 Å². The normalized spacial score (nSPS) is 12.7. The summed E-state index contributed by atoms with van der Waals surface area (Å²) in [6.45, 7) is 11.7. The fraction of sp³-hybridized carbons (Fsp3) is 0.448. The van der Waals surface area contributed by atoms with E-state index in [9.17, 15) is 4.79 Å². The number of aromatic nitrogens is 5. The Balaban J connectivity index is 1.79. The molecule has 0 aliphatic rings. The first-order chi connectivity index (χ1) is 18.2. The molecular formula is C29H38N6O3. The van der Waals surface area contributed by atoms with Crippen LogP contribution in [0, 0.1) is 6.92 Å². The molecule has 2 aromatic carbocycles. The first kappa shape index (κ1) is 27.3. The number of fused-ring (bicyclic) bond motifs is 1. The number of aryl methyl sites for hydroxylation is 1. The molecule has 9 nitrogen and oxygen atoms in total. The van der Waals surface area contributed by atoms with Crippen LogP contribution >= 0.6 is 0 Å². The lowest BCUT2D eigenvalue weighted by Gasteiger charge is -2.33. The van der Waals surface area contributed by atoms with Gasteiger partial charge in [-0.05, 0) is 61.7 Å². The molecule has 0 amide bonds. The highest BCUT2D eigenvalue weighted by Gasteiger charge is 2.31. The fourth-order valence-electron chi connectivity index (χ4n) is 4.71.